The molecule has 0 aliphatic carbocycles. The minimum Gasteiger partial charge on any atom is -0.497 e. The Morgan fingerprint density at radius 3 is 2.38 bits per heavy atom. The predicted octanol–water partition coefficient (Wildman–Crippen LogP) is 3.15. The number of aryl methyl sites for hydroxylation is 2. The van der Waals surface area contributed by atoms with E-state index in [1.807, 2.05) is 36.7 Å². The van der Waals surface area contributed by atoms with E-state index in [0.29, 0.717) is 22.7 Å². The summed E-state index contributed by atoms with van der Waals surface area (Å²) in [7, 11) is 5.06. The van der Waals surface area contributed by atoms with Crippen molar-refractivity contribution < 1.29 is 14.3 Å². The maximum absolute atomic E-state index is 12.5. The normalized spacial score (nSPS) is 10.7. The lowest BCUT2D eigenvalue weighted by Gasteiger charge is -2.09. The highest BCUT2D eigenvalue weighted by Crippen LogP contribution is 2.24. The topological polar surface area (TPSA) is 65.4 Å². The van der Waals surface area contributed by atoms with E-state index in [2.05, 4.69) is 10.3 Å². The van der Waals surface area contributed by atoms with Gasteiger partial charge in [0.25, 0.3) is 5.91 Å². The van der Waals surface area contributed by atoms with E-state index in [9.17, 15) is 4.79 Å². The molecule has 3 rings (SSSR count). The average Bonchev–Trinajstić information content (AvgIpc) is 2.88. The molecule has 0 saturated carbocycles. The third-order valence-electron chi connectivity index (χ3n) is 3.98. The van der Waals surface area contributed by atoms with Gasteiger partial charge in [-0.2, -0.15) is 0 Å². The molecule has 6 nitrogen and oxygen atoms in total. The van der Waals surface area contributed by atoms with E-state index in [1.54, 1.807) is 32.4 Å². The maximum Gasteiger partial charge on any atom is 0.255 e. The molecule has 24 heavy (non-hydrogen) atoms. The molecule has 0 atom stereocenters. The summed E-state index contributed by atoms with van der Waals surface area (Å²) in [4.78, 5) is 17.0. The van der Waals surface area contributed by atoms with Gasteiger partial charge in [0.1, 0.15) is 17.3 Å². The summed E-state index contributed by atoms with van der Waals surface area (Å²) in [5.74, 6) is 1.82. The first kappa shape index (κ1) is 15.9. The second-order valence-corrected chi connectivity index (χ2v) is 5.48. The third-order valence-corrected chi connectivity index (χ3v) is 3.98. The van der Waals surface area contributed by atoms with Crippen molar-refractivity contribution >= 4 is 22.6 Å². The zero-order valence-corrected chi connectivity index (χ0v) is 14.1. The molecule has 0 unspecified atom stereocenters. The van der Waals surface area contributed by atoms with Crippen LogP contribution in [0.5, 0.6) is 11.5 Å². The van der Waals surface area contributed by atoms with Crippen LogP contribution in [0, 0.1) is 6.92 Å². The first-order valence-electron chi connectivity index (χ1n) is 7.49. The fourth-order valence-corrected chi connectivity index (χ4v) is 2.54. The molecule has 0 saturated heterocycles. The number of imidazole rings is 1. The monoisotopic (exact) mass is 325 g/mol. The van der Waals surface area contributed by atoms with E-state index in [-0.39, 0.29) is 5.91 Å². The summed E-state index contributed by atoms with van der Waals surface area (Å²) < 4.78 is 12.4. The highest BCUT2D eigenvalue weighted by molar-refractivity contribution is 6.05. The number of aromatic nitrogens is 2. The summed E-state index contributed by atoms with van der Waals surface area (Å²) in [5.41, 5.74) is 3.01. The van der Waals surface area contributed by atoms with Gasteiger partial charge < -0.3 is 19.4 Å². The second-order valence-electron chi connectivity index (χ2n) is 5.48. The van der Waals surface area contributed by atoms with Crippen LogP contribution in [0.4, 0.5) is 5.69 Å². The van der Waals surface area contributed by atoms with Crippen molar-refractivity contribution in [3.63, 3.8) is 0 Å². The Morgan fingerprint density at radius 2 is 1.75 bits per heavy atom. The largest absolute Gasteiger partial charge is 0.497 e. The lowest BCUT2D eigenvalue weighted by atomic mass is 10.1. The molecule has 1 amide bonds. The molecule has 124 valence electrons. The molecule has 0 radical (unpaired) electrons. The summed E-state index contributed by atoms with van der Waals surface area (Å²) in [6.45, 7) is 1.95. The minimum atomic E-state index is -0.237. The van der Waals surface area contributed by atoms with Crippen LogP contribution >= 0.6 is 0 Å². The third kappa shape index (κ3) is 2.90. The Kier molecular flexibility index (Phi) is 4.12. The fourth-order valence-electron chi connectivity index (χ4n) is 2.54. The number of hydrogen-bond acceptors (Lipinski definition) is 4. The molecule has 0 spiro atoms. The zero-order chi connectivity index (χ0) is 17.3. The van der Waals surface area contributed by atoms with Crippen LogP contribution in [-0.2, 0) is 7.05 Å². The number of amides is 1. The molecule has 2 aromatic carbocycles. The molecule has 6 heteroatoms. The van der Waals surface area contributed by atoms with Gasteiger partial charge in [0, 0.05) is 24.4 Å². The number of anilines is 1. The Hall–Kier alpha value is -3.02. The number of carbonyl (C=O) groups is 1. The molecule has 0 aliphatic heterocycles. The van der Waals surface area contributed by atoms with E-state index in [4.69, 9.17) is 9.47 Å². The van der Waals surface area contributed by atoms with Gasteiger partial charge in [-0.25, -0.2) is 4.98 Å². The molecule has 0 aliphatic rings. The lowest BCUT2D eigenvalue weighted by Crippen LogP contribution is -2.12. The number of benzene rings is 2. The van der Waals surface area contributed by atoms with Gasteiger partial charge in [-0.05, 0) is 37.3 Å². The zero-order valence-electron chi connectivity index (χ0n) is 14.1. The Morgan fingerprint density at radius 1 is 1.08 bits per heavy atom. The number of hydrogen-bond donors (Lipinski definition) is 1. The van der Waals surface area contributed by atoms with Gasteiger partial charge in [0.2, 0.25) is 0 Å². The standard InChI is InChI=1S/C18H19N3O3/c1-11-19-16-9-13(5-6-17(16)21(11)2)20-18(22)12-7-14(23-3)10-15(8-12)24-4/h5-10H,1-4H3,(H,20,22). The number of carbonyl (C=O) groups excluding carboxylic acids is 1. The maximum atomic E-state index is 12.5. The highest BCUT2D eigenvalue weighted by atomic mass is 16.5. The van der Waals surface area contributed by atoms with Crippen LogP contribution in [0.25, 0.3) is 11.0 Å². The van der Waals surface area contributed by atoms with Crippen molar-refractivity contribution in [1.82, 2.24) is 9.55 Å². The van der Waals surface area contributed by atoms with E-state index in [1.165, 1.54) is 0 Å². The number of nitrogens with zero attached hydrogens (tertiary/aromatic N) is 2. The molecule has 0 bridgehead atoms. The molecular weight excluding hydrogens is 306 g/mol. The number of ether oxygens (including phenoxy) is 2. The smallest absolute Gasteiger partial charge is 0.255 e. The van der Waals surface area contributed by atoms with Gasteiger partial charge in [-0.3, -0.25) is 4.79 Å². The molecule has 3 aromatic rings. The van der Waals surface area contributed by atoms with Crippen LogP contribution in [0.1, 0.15) is 16.2 Å². The summed E-state index contributed by atoms with van der Waals surface area (Å²) >= 11 is 0. The van der Waals surface area contributed by atoms with Crippen LogP contribution in [0.3, 0.4) is 0 Å². The lowest BCUT2D eigenvalue weighted by molar-refractivity contribution is 0.102. The quantitative estimate of drug-likeness (QED) is 0.800. The van der Waals surface area contributed by atoms with Crippen molar-refractivity contribution in [2.24, 2.45) is 7.05 Å². The van der Waals surface area contributed by atoms with E-state index < -0.39 is 0 Å². The van der Waals surface area contributed by atoms with Gasteiger partial charge in [-0.1, -0.05) is 0 Å². The molecule has 0 fully saturated rings. The number of methoxy groups -OCH3 is 2. The van der Waals surface area contributed by atoms with Crippen LogP contribution in [0.2, 0.25) is 0 Å². The first-order valence-corrected chi connectivity index (χ1v) is 7.49. The second kappa shape index (κ2) is 6.23. The number of rotatable bonds is 4. The summed E-state index contributed by atoms with van der Waals surface area (Å²) in [6, 6.07) is 10.7. The van der Waals surface area contributed by atoms with E-state index in [0.717, 1.165) is 16.9 Å². The first-order chi connectivity index (χ1) is 11.5. The Balaban J connectivity index is 1.89. The van der Waals surface area contributed by atoms with Gasteiger partial charge in [0.15, 0.2) is 0 Å². The summed E-state index contributed by atoms with van der Waals surface area (Å²) in [5, 5.41) is 2.88. The molecule has 1 N–H and O–H groups in total. The number of fused-ring (bicyclic) bond motifs is 1. The predicted molar refractivity (Wildman–Crippen MR) is 93.0 cm³/mol. The van der Waals surface area contributed by atoms with Crippen LogP contribution < -0.4 is 14.8 Å². The van der Waals surface area contributed by atoms with E-state index >= 15 is 0 Å². The minimum absolute atomic E-state index is 0.237. The van der Waals surface area contributed by atoms with Gasteiger partial charge >= 0.3 is 0 Å². The molecular formula is C18H19N3O3. The number of nitrogens with one attached hydrogen (secondary N) is 1. The van der Waals surface area contributed by atoms with Crippen LogP contribution in [-0.4, -0.2) is 29.7 Å². The van der Waals surface area contributed by atoms with Crippen molar-refractivity contribution in [2.75, 3.05) is 19.5 Å². The Bertz CT molecular complexity index is 893. The van der Waals surface area contributed by atoms with Crippen molar-refractivity contribution in [3.05, 3.63) is 47.8 Å². The summed E-state index contributed by atoms with van der Waals surface area (Å²) in [6.07, 6.45) is 0. The van der Waals surface area contributed by atoms with Gasteiger partial charge in [-0.15, -0.1) is 0 Å². The molecule has 1 heterocycles. The van der Waals surface area contributed by atoms with Crippen molar-refractivity contribution in [1.29, 1.82) is 0 Å². The van der Waals surface area contributed by atoms with Crippen molar-refractivity contribution in [2.45, 2.75) is 6.92 Å². The Labute approximate surface area is 140 Å². The van der Waals surface area contributed by atoms with Crippen LogP contribution in [0.15, 0.2) is 36.4 Å². The average molecular weight is 325 g/mol. The van der Waals surface area contributed by atoms with Crippen molar-refractivity contribution in [3.8, 4) is 11.5 Å². The SMILES string of the molecule is COc1cc(OC)cc(C(=O)Nc2ccc3c(c2)nc(C)n3C)c1. The molecule has 1 aromatic heterocycles. The fraction of sp³-hybridized carbons (Fsp3) is 0.222. The highest BCUT2D eigenvalue weighted by Gasteiger charge is 2.11. The van der Waals surface area contributed by atoms with Gasteiger partial charge in [0.05, 0.1) is 25.3 Å².